The van der Waals surface area contributed by atoms with Crippen molar-refractivity contribution in [2.75, 3.05) is 6.61 Å². The Hall–Kier alpha value is -1.43. The molecule has 0 radical (unpaired) electrons. The van der Waals surface area contributed by atoms with Crippen molar-refractivity contribution in [1.82, 2.24) is 14.8 Å². The molecule has 0 fully saturated rings. The van der Waals surface area contributed by atoms with Gasteiger partial charge in [-0.1, -0.05) is 13.8 Å². The summed E-state index contributed by atoms with van der Waals surface area (Å²) in [5.74, 6) is 0.405. The largest absolute Gasteiger partial charge is 0.480 e. The summed E-state index contributed by atoms with van der Waals surface area (Å²) in [5, 5.41) is 26.1. The van der Waals surface area contributed by atoms with Crippen molar-refractivity contribution < 1.29 is 15.0 Å². The number of hydrogen-bond acceptors (Lipinski definition) is 4. The maximum Gasteiger partial charge on any atom is 0.327 e. The van der Waals surface area contributed by atoms with Crippen molar-refractivity contribution in [1.29, 1.82) is 0 Å². The van der Waals surface area contributed by atoms with Gasteiger partial charge < -0.3 is 14.8 Å². The molecule has 6 heteroatoms. The molecule has 0 spiro atoms. The average Bonchev–Trinajstić information content (AvgIpc) is 2.61. The summed E-state index contributed by atoms with van der Waals surface area (Å²) in [5.41, 5.74) is 0. The molecule has 6 nitrogen and oxygen atoms in total. The number of hydrogen-bond donors (Lipinski definition) is 2. The van der Waals surface area contributed by atoms with E-state index < -0.39 is 12.0 Å². The first kappa shape index (κ1) is 14.6. The maximum absolute atomic E-state index is 11.4. The van der Waals surface area contributed by atoms with Crippen molar-refractivity contribution in [2.24, 2.45) is 5.92 Å². The number of carbonyl (C=O) groups is 1. The van der Waals surface area contributed by atoms with Crippen LogP contribution >= 0.6 is 0 Å². The fourth-order valence-corrected chi connectivity index (χ4v) is 2.03. The molecule has 0 amide bonds. The van der Waals surface area contributed by atoms with Crippen molar-refractivity contribution in [3.8, 4) is 0 Å². The summed E-state index contributed by atoms with van der Waals surface area (Å²) in [4.78, 5) is 11.4. The molecule has 1 rings (SSSR count). The fraction of sp³-hybridized carbons (Fsp3) is 0.750. The highest BCUT2D eigenvalue weighted by atomic mass is 16.4. The smallest absolute Gasteiger partial charge is 0.327 e. The van der Waals surface area contributed by atoms with Gasteiger partial charge in [-0.3, -0.25) is 0 Å². The Labute approximate surface area is 107 Å². The summed E-state index contributed by atoms with van der Waals surface area (Å²) in [7, 11) is 0. The number of aryl methyl sites for hydroxylation is 2. The van der Waals surface area contributed by atoms with Gasteiger partial charge in [0.05, 0.1) is 0 Å². The Morgan fingerprint density at radius 1 is 1.33 bits per heavy atom. The van der Waals surface area contributed by atoms with Crippen LogP contribution in [0.15, 0.2) is 0 Å². The van der Waals surface area contributed by atoms with Crippen molar-refractivity contribution >= 4 is 5.97 Å². The van der Waals surface area contributed by atoms with E-state index in [0.717, 1.165) is 6.42 Å². The van der Waals surface area contributed by atoms with Crippen molar-refractivity contribution in [2.45, 2.75) is 46.1 Å². The Kier molecular flexibility index (Phi) is 5.27. The van der Waals surface area contributed by atoms with Gasteiger partial charge in [-0.05, 0) is 25.7 Å². The molecule has 0 aromatic carbocycles. The second kappa shape index (κ2) is 6.49. The zero-order chi connectivity index (χ0) is 13.7. The molecular weight excluding hydrogens is 234 g/mol. The van der Waals surface area contributed by atoms with Crippen LogP contribution in [0.2, 0.25) is 0 Å². The van der Waals surface area contributed by atoms with Gasteiger partial charge in [0.1, 0.15) is 17.7 Å². The van der Waals surface area contributed by atoms with Gasteiger partial charge in [-0.15, -0.1) is 10.2 Å². The van der Waals surface area contributed by atoms with E-state index in [4.69, 9.17) is 5.11 Å². The first-order valence-electron chi connectivity index (χ1n) is 6.23. The number of rotatable bonds is 7. The van der Waals surface area contributed by atoms with E-state index in [1.165, 1.54) is 0 Å². The highest BCUT2D eigenvalue weighted by Crippen LogP contribution is 2.22. The molecule has 1 aromatic heterocycles. The minimum Gasteiger partial charge on any atom is -0.480 e. The number of aliphatic carboxylic acids is 1. The van der Waals surface area contributed by atoms with Gasteiger partial charge >= 0.3 is 5.97 Å². The lowest BCUT2D eigenvalue weighted by Crippen LogP contribution is -2.26. The second-order valence-electron chi connectivity index (χ2n) is 4.74. The highest BCUT2D eigenvalue weighted by molar-refractivity contribution is 5.72. The van der Waals surface area contributed by atoms with Gasteiger partial charge in [0, 0.05) is 13.0 Å². The lowest BCUT2D eigenvalue weighted by Gasteiger charge is -2.20. The van der Waals surface area contributed by atoms with Crippen LogP contribution in [0.1, 0.15) is 44.4 Å². The molecule has 1 aromatic rings. The molecule has 0 saturated carbocycles. The predicted octanol–water partition coefficient (Wildman–Crippen LogP) is 1.18. The lowest BCUT2D eigenvalue weighted by atomic mass is 10.0. The number of carboxylic acids is 1. The highest BCUT2D eigenvalue weighted by Gasteiger charge is 2.27. The number of unbranched alkanes of at least 4 members (excludes halogenated alkanes) is 1. The summed E-state index contributed by atoms with van der Waals surface area (Å²) >= 11 is 0. The second-order valence-corrected chi connectivity index (χ2v) is 4.74. The number of aliphatic hydroxyl groups is 1. The molecule has 1 atom stereocenters. The third-order valence-electron chi connectivity index (χ3n) is 2.91. The summed E-state index contributed by atoms with van der Waals surface area (Å²) in [6.45, 7) is 5.64. The van der Waals surface area contributed by atoms with Crippen LogP contribution in [-0.2, 0) is 11.2 Å². The zero-order valence-corrected chi connectivity index (χ0v) is 11.1. The Balaban J connectivity index is 2.97. The SMILES string of the molecule is Cc1nnc(CCCCO)n1C(C(=O)O)C(C)C. The summed E-state index contributed by atoms with van der Waals surface area (Å²) < 4.78 is 1.70. The maximum atomic E-state index is 11.4. The van der Waals surface area contributed by atoms with Gasteiger partial charge in [-0.25, -0.2) is 4.79 Å². The first-order valence-corrected chi connectivity index (χ1v) is 6.23. The average molecular weight is 255 g/mol. The van der Waals surface area contributed by atoms with Crippen LogP contribution in [0.5, 0.6) is 0 Å². The van der Waals surface area contributed by atoms with E-state index in [2.05, 4.69) is 10.2 Å². The molecule has 1 heterocycles. The topological polar surface area (TPSA) is 88.2 Å². The quantitative estimate of drug-likeness (QED) is 0.714. The van der Waals surface area contributed by atoms with Crippen molar-refractivity contribution in [3.05, 3.63) is 11.6 Å². The standard InChI is InChI=1S/C12H21N3O3/c1-8(2)11(12(17)18)15-9(3)13-14-10(15)6-4-5-7-16/h8,11,16H,4-7H2,1-3H3,(H,17,18). The number of nitrogens with zero attached hydrogens (tertiary/aromatic N) is 3. The lowest BCUT2D eigenvalue weighted by molar-refractivity contribution is -0.142. The molecule has 0 saturated heterocycles. The van der Waals surface area contributed by atoms with E-state index in [1.807, 2.05) is 13.8 Å². The number of aromatic nitrogens is 3. The van der Waals surface area contributed by atoms with Gasteiger partial charge in [0.25, 0.3) is 0 Å². The minimum atomic E-state index is -0.865. The molecule has 0 aliphatic carbocycles. The van der Waals surface area contributed by atoms with Gasteiger partial charge in [0.2, 0.25) is 0 Å². The van der Waals surface area contributed by atoms with E-state index in [0.29, 0.717) is 24.5 Å². The number of aliphatic hydroxyl groups excluding tert-OH is 1. The third-order valence-corrected chi connectivity index (χ3v) is 2.91. The molecule has 0 aliphatic rings. The minimum absolute atomic E-state index is 0.0335. The van der Waals surface area contributed by atoms with E-state index in [1.54, 1.807) is 11.5 Å². The Bertz CT molecular complexity index is 401. The Morgan fingerprint density at radius 2 is 2.00 bits per heavy atom. The first-order chi connectivity index (χ1) is 8.49. The molecular formula is C12H21N3O3. The van der Waals surface area contributed by atoms with Gasteiger partial charge in [0.15, 0.2) is 0 Å². The van der Waals surface area contributed by atoms with Crippen LogP contribution in [0, 0.1) is 12.8 Å². The van der Waals surface area contributed by atoms with Crippen molar-refractivity contribution in [3.63, 3.8) is 0 Å². The predicted molar refractivity (Wildman–Crippen MR) is 66.3 cm³/mol. The monoisotopic (exact) mass is 255 g/mol. The van der Waals surface area contributed by atoms with Gasteiger partial charge in [-0.2, -0.15) is 0 Å². The fourth-order valence-electron chi connectivity index (χ4n) is 2.03. The van der Waals surface area contributed by atoms with Crippen LogP contribution in [0.4, 0.5) is 0 Å². The van der Waals surface area contributed by atoms with Crippen LogP contribution < -0.4 is 0 Å². The van der Waals surface area contributed by atoms with Crippen LogP contribution in [0.3, 0.4) is 0 Å². The molecule has 2 N–H and O–H groups in total. The molecule has 1 unspecified atom stereocenters. The van der Waals surface area contributed by atoms with E-state index >= 15 is 0 Å². The Morgan fingerprint density at radius 3 is 2.50 bits per heavy atom. The zero-order valence-electron chi connectivity index (χ0n) is 11.1. The normalized spacial score (nSPS) is 12.9. The number of carboxylic acid groups (broad SMARTS) is 1. The summed E-state index contributed by atoms with van der Waals surface area (Å²) in [6, 6.07) is -0.635. The van der Waals surface area contributed by atoms with E-state index in [9.17, 15) is 9.90 Å². The third kappa shape index (κ3) is 3.29. The summed E-state index contributed by atoms with van der Waals surface area (Å²) in [6.07, 6.45) is 2.10. The molecule has 102 valence electrons. The molecule has 18 heavy (non-hydrogen) atoms. The van der Waals surface area contributed by atoms with Crippen LogP contribution in [0.25, 0.3) is 0 Å². The molecule has 0 aliphatic heterocycles. The van der Waals surface area contributed by atoms with Crippen LogP contribution in [-0.4, -0.2) is 37.6 Å². The molecule has 0 bridgehead atoms. The van der Waals surface area contributed by atoms with E-state index in [-0.39, 0.29) is 12.5 Å².